The molecule has 1 aliphatic heterocycles. The van der Waals surface area contributed by atoms with Crippen LogP contribution in [-0.2, 0) is 11.3 Å². The fourth-order valence-electron chi connectivity index (χ4n) is 3.31. The summed E-state index contributed by atoms with van der Waals surface area (Å²) in [6.45, 7) is 2.11. The molecule has 1 aliphatic rings. The lowest BCUT2D eigenvalue weighted by Crippen LogP contribution is -2.37. The van der Waals surface area contributed by atoms with Crippen molar-refractivity contribution in [3.63, 3.8) is 0 Å². The Hall–Kier alpha value is -3.11. The van der Waals surface area contributed by atoms with E-state index in [9.17, 15) is 4.79 Å². The summed E-state index contributed by atoms with van der Waals surface area (Å²) in [5, 5.41) is 0. The lowest BCUT2D eigenvalue weighted by atomic mass is 9.95. The van der Waals surface area contributed by atoms with Gasteiger partial charge < -0.3 is 9.97 Å². The van der Waals surface area contributed by atoms with Crippen LogP contribution in [0.1, 0.15) is 17.0 Å². The third kappa shape index (κ3) is 3.76. The molecule has 1 fully saturated rings. The van der Waals surface area contributed by atoms with Gasteiger partial charge in [-0.15, -0.1) is 0 Å². The molecule has 0 atom stereocenters. The molecule has 0 saturated carbocycles. The molecule has 4 heteroatoms. The number of carbonyl (C=O) groups excluding carboxylic acids is 1. The number of carbonyl (C=O) groups is 1. The first-order chi connectivity index (χ1) is 12.8. The molecule has 130 valence electrons. The van der Waals surface area contributed by atoms with Crippen LogP contribution in [0, 0.1) is 0 Å². The molecule has 0 spiro atoms. The van der Waals surface area contributed by atoms with Crippen molar-refractivity contribution < 1.29 is 4.79 Å². The Bertz CT molecular complexity index is 863. The predicted molar refractivity (Wildman–Crippen MR) is 104 cm³/mol. The number of benzene rings is 1. The zero-order chi connectivity index (χ0) is 17.8. The molecular weight excluding hydrogens is 322 g/mol. The maximum Gasteiger partial charge on any atom is 0.187 e. The van der Waals surface area contributed by atoms with E-state index in [-0.39, 0.29) is 5.78 Å². The van der Waals surface area contributed by atoms with Crippen molar-refractivity contribution in [2.24, 2.45) is 0 Å². The molecule has 0 amide bonds. The maximum absolute atomic E-state index is 13.0. The summed E-state index contributed by atoms with van der Waals surface area (Å²) in [6.07, 6.45) is 7.66. The van der Waals surface area contributed by atoms with Gasteiger partial charge in [0.1, 0.15) is 0 Å². The second-order valence-corrected chi connectivity index (χ2v) is 6.55. The molecule has 3 aromatic rings. The predicted octanol–water partition coefficient (Wildman–Crippen LogP) is 3.89. The molecular formula is C22H21N3O. The molecule has 0 aliphatic carbocycles. The second-order valence-electron chi connectivity index (χ2n) is 6.55. The monoisotopic (exact) mass is 343 g/mol. The van der Waals surface area contributed by atoms with Gasteiger partial charge in [0.25, 0.3) is 0 Å². The Morgan fingerprint density at radius 2 is 1.38 bits per heavy atom. The SMILES string of the molecule is O=C1/C(=C\c2ccc[nH]2)CN(Cc2ccccc2)C/C1=C\c1ccc[nH]1. The van der Waals surface area contributed by atoms with Gasteiger partial charge in [-0.2, -0.15) is 0 Å². The highest BCUT2D eigenvalue weighted by Gasteiger charge is 2.26. The number of ketones is 1. The molecule has 0 radical (unpaired) electrons. The van der Waals surface area contributed by atoms with Crippen molar-refractivity contribution in [2.45, 2.75) is 6.54 Å². The second kappa shape index (κ2) is 7.42. The van der Waals surface area contributed by atoms with Gasteiger partial charge in [-0.1, -0.05) is 30.3 Å². The Labute approximate surface area is 152 Å². The normalized spacial score (nSPS) is 18.7. The smallest absolute Gasteiger partial charge is 0.187 e. The fraction of sp³-hybridized carbons (Fsp3) is 0.136. The number of aromatic amines is 2. The largest absolute Gasteiger partial charge is 0.362 e. The van der Waals surface area contributed by atoms with E-state index >= 15 is 0 Å². The minimum Gasteiger partial charge on any atom is -0.362 e. The van der Waals surface area contributed by atoms with Gasteiger partial charge >= 0.3 is 0 Å². The van der Waals surface area contributed by atoms with Crippen LogP contribution in [0.5, 0.6) is 0 Å². The average Bonchev–Trinajstić information content (AvgIpc) is 3.34. The molecule has 4 rings (SSSR count). The highest BCUT2D eigenvalue weighted by molar-refractivity contribution is 6.14. The molecule has 1 saturated heterocycles. The van der Waals surface area contributed by atoms with Gasteiger partial charge in [-0.05, 0) is 42.0 Å². The summed E-state index contributed by atoms with van der Waals surface area (Å²) in [7, 11) is 0. The summed E-state index contributed by atoms with van der Waals surface area (Å²) in [4.78, 5) is 21.6. The molecule has 26 heavy (non-hydrogen) atoms. The third-order valence-corrected chi connectivity index (χ3v) is 4.52. The highest BCUT2D eigenvalue weighted by Crippen LogP contribution is 2.23. The lowest BCUT2D eigenvalue weighted by molar-refractivity contribution is -0.113. The van der Waals surface area contributed by atoms with Gasteiger partial charge in [-0.25, -0.2) is 0 Å². The van der Waals surface area contributed by atoms with Gasteiger partial charge in [0.05, 0.1) is 0 Å². The Morgan fingerprint density at radius 3 is 1.88 bits per heavy atom. The van der Waals surface area contributed by atoms with Crippen molar-refractivity contribution in [2.75, 3.05) is 13.1 Å². The Balaban J connectivity index is 1.64. The lowest BCUT2D eigenvalue weighted by Gasteiger charge is -2.29. The van der Waals surface area contributed by atoms with E-state index in [1.54, 1.807) is 0 Å². The topological polar surface area (TPSA) is 51.9 Å². The molecule has 2 N–H and O–H groups in total. The zero-order valence-electron chi connectivity index (χ0n) is 14.5. The Kier molecular flexibility index (Phi) is 4.67. The van der Waals surface area contributed by atoms with E-state index in [4.69, 9.17) is 0 Å². The minimum atomic E-state index is 0.124. The van der Waals surface area contributed by atoms with Crippen LogP contribution < -0.4 is 0 Å². The van der Waals surface area contributed by atoms with Crippen molar-refractivity contribution >= 4 is 17.9 Å². The number of nitrogens with zero attached hydrogens (tertiary/aromatic N) is 1. The van der Waals surface area contributed by atoms with E-state index < -0.39 is 0 Å². The first-order valence-corrected chi connectivity index (χ1v) is 8.77. The van der Waals surface area contributed by atoms with Crippen LogP contribution >= 0.6 is 0 Å². The molecule has 0 unspecified atom stereocenters. The molecule has 3 heterocycles. The van der Waals surface area contributed by atoms with Crippen LogP contribution in [0.2, 0.25) is 0 Å². The summed E-state index contributed by atoms with van der Waals surface area (Å²) in [6, 6.07) is 18.2. The summed E-state index contributed by atoms with van der Waals surface area (Å²) >= 11 is 0. The third-order valence-electron chi connectivity index (χ3n) is 4.52. The highest BCUT2D eigenvalue weighted by atomic mass is 16.1. The Morgan fingerprint density at radius 1 is 0.808 bits per heavy atom. The van der Waals surface area contributed by atoms with Crippen LogP contribution in [0.15, 0.2) is 78.1 Å². The van der Waals surface area contributed by atoms with E-state index in [1.165, 1.54) is 5.56 Å². The molecule has 4 nitrogen and oxygen atoms in total. The first-order valence-electron chi connectivity index (χ1n) is 8.77. The van der Waals surface area contributed by atoms with Gasteiger partial charge in [0, 0.05) is 54.6 Å². The number of aromatic nitrogens is 2. The number of H-pyrrole nitrogens is 2. The van der Waals surface area contributed by atoms with E-state index in [0.29, 0.717) is 13.1 Å². The number of likely N-dealkylation sites (tertiary alicyclic amines) is 1. The van der Waals surface area contributed by atoms with Gasteiger partial charge in [-0.3, -0.25) is 9.69 Å². The van der Waals surface area contributed by atoms with Crippen molar-refractivity contribution in [1.29, 1.82) is 0 Å². The standard InChI is InChI=1S/C22H21N3O/c26-22-18(12-20-8-4-10-23-20)15-25(14-17-6-2-1-3-7-17)16-19(22)13-21-9-5-11-24-21/h1-13,23-24H,14-16H2/b18-12-,19-13+. The molecule has 0 bridgehead atoms. The molecule has 2 aromatic heterocycles. The molecule has 1 aromatic carbocycles. The first kappa shape index (κ1) is 16.4. The quantitative estimate of drug-likeness (QED) is 0.706. The summed E-state index contributed by atoms with van der Waals surface area (Å²) in [5.41, 5.74) is 4.78. The maximum atomic E-state index is 13.0. The summed E-state index contributed by atoms with van der Waals surface area (Å²) < 4.78 is 0. The van der Waals surface area contributed by atoms with Crippen molar-refractivity contribution in [3.8, 4) is 0 Å². The van der Waals surface area contributed by atoms with E-state index in [0.717, 1.165) is 29.1 Å². The number of Topliss-reactive ketones (excluding diaryl/α,β-unsaturated/α-hetero) is 1. The van der Waals surface area contributed by atoms with Crippen LogP contribution in [0.4, 0.5) is 0 Å². The fourth-order valence-corrected chi connectivity index (χ4v) is 3.31. The van der Waals surface area contributed by atoms with Gasteiger partial charge in [0.2, 0.25) is 0 Å². The van der Waals surface area contributed by atoms with Crippen molar-refractivity contribution in [3.05, 3.63) is 95.1 Å². The number of rotatable bonds is 4. The van der Waals surface area contributed by atoms with Crippen LogP contribution in [-0.4, -0.2) is 33.7 Å². The average molecular weight is 343 g/mol. The van der Waals surface area contributed by atoms with E-state index in [1.807, 2.05) is 54.9 Å². The minimum absolute atomic E-state index is 0.124. The number of hydrogen-bond donors (Lipinski definition) is 2. The summed E-state index contributed by atoms with van der Waals surface area (Å²) in [5.74, 6) is 0.124. The van der Waals surface area contributed by atoms with E-state index in [2.05, 4.69) is 39.1 Å². The number of hydrogen-bond acceptors (Lipinski definition) is 2. The van der Waals surface area contributed by atoms with Crippen LogP contribution in [0.3, 0.4) is 0 Å². The van der Waals surface area contributed by atoms with Crippen LogP contribution in [0.25, 0.3) is 12.2 Å². The van der Waals surface area contributed by atoms with Crippen molar-refractivity contribution in [1.82, 2.24) is 14.9 Å². The zero-order valence-corrected chi connectivity index (χ0v) is 14.5. The number of piperidine rings is 1. The van der Waals surface area contributed by atoms with Gasteiger partial charge in [0.15, 0.2) is 5.78 Å². The number of nitrogens with one attached hydrogen (secondary N) is 2.